The molecule has 1 aliphatic rings. The van der Waals surface area contributed by atoms with Crippen molar-refractivity contribution in [3.63, 3.8) is 0 Å². The molecule has 1 saturated heterocycles. The van der Waals surface area contributed by atoms with Gasteiger partial charge in [0.25, 0.3) is 0 Å². The third kappa shape index (κ3) is 4.45. The first-order chi connectivity index (χ1) is 9.31. The molecule has 1 fully saturated rings. The lowest BCUT2D eigenvalue weighted by Crippen LogP contribution is -2.43. The van der Waals surface area contributed by atoms with E-state index in [-0.39, 0.29) is 12.7 Å². The normalized spacial score (nSPS) is 20.4. The van der Waals surface area contributed by atoms with Crippen LogP contribution in [0.5, 0.6) is 0 Å². The van der Waals surface area contributed by atoms with E-state index in [1.54, 1.807) is 0 Å². The molecule has 0 aliphatic carbocycles. The molecular weight excluding hydrogens is 242 g/mol. The van der Waals surface area contributed by atoms with Gasteiger partial charge in [-0.05, 0) is 24.1 Å². The maximum absolute atomic E-state index is 9.14. The highest BCUT2D eigenvalue weighted by Gasteiger charge is 2.19. The van der Waals surface area contributed by atoms with Crippen LogP contribution in [0.3, 0.4) is 0 Å². The summed E-state index contributed by atoms with van der Waals surface area (Å²) in [5.41, 5.74) is 1.24. The molecule has 0 spiro atoms. The average Bonchev–Trinajstić information content (AvgIpc) is 2.46. The maximum Gasteiger partial charge on any atom is 0.126 e. The fraction of sp³-hybridized carbons (Fsp3) is 0.643. The van der Waals surface area contributed by atoms with Crippen LogP contribution in [0.15, 0.2) is 18.3 Å². The van der Waals surface area contributed by atoms with Crippen LogP contribution in [0, 0.1) is 0 Å². The van der Waals surface area contributed by atoms with Gasteiger partial charge in [0, 0.05) is 32.4 Å². The molecular formula is C14H23N3O2. The first kappa shape index (κ1) is 14.2. The van der Waals surface area contributed by atoms with Crippen LogP contribution in [-0.2, 0) is 11.3 Å². The molecule has 0 radical (unpaired) electrons. The van der Waals surface area contributed by atoms with Crippen LogP contribution in [-0.4, -0.2) is 53.9 Å². The van der Waals surface area contributed by atoms with Gasteiger partial charge in [-0.1, -0.05) is 6.92 Å². The van der Waals surface area contributed by atoms with E-state index in [1.807, 2.05) is 12.3 Å². The molecule has 2 N–H and O–H groups in total. The summed E-state index contributed by atoms with van der Waals surface area (Å²) in [4.78, 5) is 6.62. The van der Waals surface area contributed by atoms with Crippen LogP contribution in [0.2, 0.25) is 0 Å². The lowest BCUT2D eigenvalue weighted by atomic mass is 10.2. The van der Waals surface area contributed by atoms with Crippen molar-refractivity contribution in [3.8, 4) is 0 Å². The van der Waals surface area contributed by atoms with E-state index >= 15 is 0 Å². The minimum atomic E-state index is -0.0479. The molecule has 106 valence electrons. The molecule has 1 aromatic rings. The predicted molar refractivity (Wildman–Crippen MR) is 75.1 cm³/mol. The fourth-order valence-corrected chi connectivity index (χ4v) is 2.22. The minimum Gasteiger partial charge on any atom is -0.394 e. The Labute approximate surface area is 114 Å². The van der Waals surface area contributed by atoms with Crippen LogP contribution in [0.25, 0.3) is 0 Å². The number of ether oxygens (including phenoxy) is 1. The fourth-order valence-electron chi connectivity index (χ4n) is 2.22. The standard InChI is InChI=1S/C14H23N3O2/c1-2-4-15-14-8-12(3-5-16-14)9-17-6-7-19-13(10-17)11-18/h3,5,8,13,18H,2,4,6-7,9-11H2,1H3,(H,15,16). The van der Waals surface area contributed by atoms with Gasteiger partial charge in [-0.2, -0.15) is 0 Å². The Morgan fingerprint density at radius 2 is 2.47 bits per heavy atom. The van der Waals surface area contributed by atoms with Crippen molar-refractivity contribution in [1.82, 2.24) is 9.88 Å². The second kappa shape index (κ2) is 7.43. The Balaban J connectivity index is 1.90. The highest BCUT2D eigenvalue weighted by Crippen LogP contribution is 2.12. The van der Waals surface area contributed by atoms with Crippen LogP contribution in [0.1, 0.15) is 18.9 Å². The SMILES string of the molecule is CCCNc1cc(CN2CCOC(CO)C2)ccn1. The minimum absolute atomic E-state index is 0.0479. The topological polar surface area (TPSA) is 57.6 Å². The number of hydrogen-bond acceptors (Lipinski definition) is 5. The molecule has 5 heteroatoms. The van der Waals surface area contributed by atoms with Gasteiger partial charge in [0.2, 0.25) is 0 Å². The predicted octanol–water partition coefficient (Wildman–Crippen LogP) is 1.10. The van der Waals surface area contributed by atoms with Gasteiger partial charge < -0.3 is 15.2 Å². The molecule has 0 amide bonds. The van der Waals surface area contributed by atoms with E-state index in [2.05, 4.69) is 28.2 Å². The quantitative estimate of drug-likeness (QED) is 0.806. The first-order valence-electron chi connectivity index (χ1n) is 6.95. The summed E-state index contributed by atoms with van der Waals surface area (Å²) in [7, 11) is 0. The summed E-state index contributed by atoms with van der Waals surface area (Å²) in [5.74, 6) is 0.936. The van der Waals surface area contributed by atoms with Crippen molar-refractivity contribution in [2.45, 2.75) is 26.0 Å². The summed E-state index contributed by atoms with van der Waals surface area (Å²) in [6, 6.07) is 4.14. The lowest BCUT2D eigenvalue weighted by molar-refractivity contribution is -0.0551. The zero-order chi connectivity index (χ0) is 13.5. The third-order valence-electron chi connectivity index (χ3n) is 3.21. The van der Waals surface area contributed by atoms with E-state index in [1.165, 1.54) is 5.56 Å². The van der Waals surface area contributed by atoms with E-state index < -0.39 is 0 Å². The number of aromatic nitrogens is 1. The highest BCUT2D eigenvalue weighted by molar-refractivity contribution is 5.37. The molecule has 1 unspecified atom stereocenters. The third-order valence-corrected chi connectivity index (χ3v) is 3.21. The molecule has 0 aromatic carbocycles. The molecule has 0 bridgehead atoms. The Hall–Kier alpha value is -1.17. The largest absolute Gasteiger partial charge is 0.394 e. The smallest absolute Gasteiger partial charge is 0.126 e. The first-order valence-corrected chi connectivity index (χ1v) is 6.95. The van der Waals surface area contributed by atoms with Gasteiger partial charge in [-0.25, -0.2) is 4.98 Å². The number of rotatable bonds is 6. The summed E-state index contributed by atoms with van der Waals surface area (Å²) in [6.07, 6.45) is 2.89. The average molecular weight is 265 g/mol. The molecule has 19 heavy (non-hydrogen) atoms. The molecule has 2 rings (SSSR count). The van der Waals surface area contributed by atoms with Crippen LogP contribution >= 0.6 is 0 Å². The number of anilines is 1. The molecule has 2 heterocycles. The summed E-state index contributed by atoms with van der Waals surface area (Å²) < 4.78 is 5.46. The van der Waals surface area contributed by atoms with Gasteiger partial charge in [-0.3, -0.25) is 4.90 Å². The molecule has 1 aromatic heterocycles. The van der Waals surface area contributed by atoms with E-state index in [4.69, 9.17) is 9.84 Å². The Morgan fingerprint density at radius 1 is 1.58 bits per heavy atom. The Kier molecular flexibility index (Phi) is 5.57. The number of aliphatic hydroxyl groups excluding tert-OH is 1. The van der Waals surface area contributed by atoms with Crippen molar-refractivity contribution < 1.29 is 9.84 Å². The number of nitrogens with zero attached hydrogens (tertiary/aromatic N) is 2. The van der Waals surface area contributed by atoms with Crippen molar-refractivity contribution >= 4 is 5.82 Å². The summed E-state index contributed by atoms with van der Waals surface area (Å²) in [6.45, 7) is 6.45. The second-order valence-corrected chi connectivity index (χ2v) is 4.89. The lowest BCUT2D eigenvalue weighted by Gasteiger charge is -2.32. The second-order valence-electron chi connectivity index (χ2n) is 4.89. The van der Waals surface area contributed by atoms with E-state index in [0.717, 1.165) is 38.4 Å². The maximum atomic E-state index is 9.14. The summed E-state index contributed by atoms with van der Waals surface area (Å²) in [5, 5.41) is 12.4. The van der Waals surface area contributed by atoms with Gasteiger partial charge in [0.1, 0.15) is 5.82 Å². The van der Waals surface area contributed by atoms with E-state index in [0.29, 0.717) is 6.61 Å². The molecule has 1 atom stereocenters. The molecule has 1 aliphatic heterocycles. The number of nitrogens with one attached hydrogen (secondary N) is 1. The molecule has 5 nitrogen and oxygen atoms in total. The number of pyridine rings is 1. The van der Waals surface area contributed by atoms with Crippen LogP contribution < -0.4 is 5.32 Å². The van der Waals surface area contributed by atoms with Gasteiger partial charge in [0.05, 0.1) is 19.3 Å². The Morgan fingerprint density at radius 3 is 3.26 bits per heavy atom. The van der Waals surface area contributed by atoms with Gasteiger partial charge in [0.15, 0.2) is 0 Å². The van der Waals surface area contributed by atoms with Gasteiger partial charge in [-0.15, -0.1) is 0 Å². The zero-order valence-electron chi connectivity index (χ0n) is 11.5. The van der Waals surface area contributed by atoms with Gasteiger partial charge >= 0.3 is 0 Å². The summed E-state index contributed by atoms with van der Waals surface area (Å²) >= 11 is 0. The zero-order valence-corrected chi connectivity index (χ0v) is 11.5. The number of morpholine rings is 1. The van der Waals surface area contributed by atoms with Crippen molar-refractivity contribution in [3.05, 3.63) is 23.9 Å². The molecule has 0 saturated carbocycles. The Bertz CT molecular complexity index is 387. The number of hydrogen-bond donors (Lipinski definition) is 2. The number of aliphatic hydroxyl groups is 1. The highest BCUT2D eigenvalue weighted by atomic mass is 16.5. The van der Waals surface area contributed by atoms with Crippen molar-refractivity contribution in [1.29, 1.82) is 0 Å². The van der Waals surface area contributed by atoms with Crippen molar-refractivity contribution in [2.75, 3.05) is 38.2 Å². The van der Waals surface area contributed by atoms with Crippen molar-refractivity contribution in [2.24, 2.45) is 0 Å². The van der Waals surface area contributed by atoms with E-state index in [9.17, 15) is 0 Å². The van der Waals surface area contributed by atoms with Crippen LogP contribution in [0.4, 0.5) is 5.82 Å². The monoisotopic (exact) mass is 265 g/mol.